The second kappa shape index (κ2) is 7.81. The molecule has 1 unspecified atom stereocenters. The van der Waals surface area contributed by atoms with Gasteiger partial charge in [-0.25, -0.2) is 9.48 Å². The Morgan fingerprint density at radius 3 is 2.63 bits per heavy atom. The van der Waals surface area contributed by atoms with Crippen molar-refractivity contribution in [3.05, 3.63) is 45.6 Å². The molecule has 1 aromatic heterocycles. The number of nitrogens with zero attached hydrogens (tertiary/aromatic N) is 4. The summed E-state index contributed by atoms with van der Waals surface area (Å²) in [6, 6.07) is 3.09. The number of rotatable bonds is 4. The highest BCUT2D eigenvalue weighted by atomic mass is 19.4. The van der Waals surface area contributed by atoms with Crippen molar-refractivity contribution in [1.82, 2.24) is 19.2 Å². The number of aromatic nitrogens is 3. The number of alkyl halides is 3. The zero-order valence-corrected chi connectivity index (χ0v) is 16.6. The summed E-state index contributed by atoms with van der Waals surface area (Å²) in [5.74, 6) is 0.159. The predicted octanol–water partition coefficient (Wildman–Crippen LogP) is 2.62. The average Bonchev–Trinajstić information content (AvgIpc) is 3.36. The molecule has 3 heterocycles. The summed E-state index contributed by atoms with van der Waals surface area (Å²) in [5, 5.41) is 4.32. The van der Waals surface area contributed by atoms with Crippen LogP contribution in [0.25, 0.3) is 0 Å². The van der Waals surface area contributed by atoms with Gasteiger partial charge >= 0.3 is 11.9 Å². The van der Waals surface area contributed by atoms with Crippen LogP contribution >= 0.6 is 0 Å². The van der Waals surface area contributed by atoms with Gasteiger partial charge in [0.15, 0.2) is 0 Å². The van der Waals surface area contributed by atoms with E-state index in [0.717, 1.165) is 30.0 Å². The number of ether oxygens (including phenoxy) is 1. The first kappa shape index (κ1) is 20.5. The zero-order valence-electron chi connectivity index (χ0n) is 16.6. The molecule has 2 aliphatic rings. The zero-order chi connectivity index (χ0) is 21.5. The van der Waals surface area contributed by atoms with E-state index in [2.05, 4.69) is 5.10 Å². The molecular formula is C20H23F3N4O3. The molecule has 0 radical (unpaired) electrons. The number of carbonyl (C=O) groups excluding carboxylic acids is 1. The number of amides is 1. The minimum Gasteiger partial charge on any atom is -0.496 e. The number of carbonyl (C=O) groups is 1. The number of fused-ring (bicyclic) bond motifs is 1. The van der Waals surface area contributed by atoms with Crippen molar-refractivity contribution < 1.29 is 22.7 Å². The normalized spacial score (nSPS) is 19.1. The Bertz CT molecular complexity index is 1010. The number of hydrogen-bond acceptors (Lipinski definition) is 4. The van der Waals surface area contributed by atoms with Crippen LogP contribution in [-0.2, 0) is 23.9 Å². The number of halogens is 3. The van der Waals surface area contributed by atoms with Crippen LogP contribution in [0.4, 0.5) is 13.2 Å². The maximum atomic E-state index is 13.3. The highest BCUT2D eigenvalue weighted by Crippen LogP contribution is 2.36. The molecule has 162 valence electrons. The quantitative estimate of drug-likeness (QED) is 0.757. The van der Waals surface area contributed by atoms with Crippen LogP contribution in [0.15, 0.2) is 23.0 Å². The van der Waals surface area contributed by atoms with Crippen molar-refractivity contribution in [1.29, 1.82) is 0 Å². The Hall–Kier alpha value is -2.78. The lowest BCUT2D eigenvalue weighted by Gasteiger charge is -2.27. The van der Waals surface area contributed by atoms with E-state index >= 15 is 0 Å². The molecule has 2 aromatic rings. The van der Waals surface area contributed by atoms with E-state index in [1.54, 1.807) is 4.90 Å². The minimum atomic E-state index is -4.58. The van der Waals surface area contributed by atoms with Gasteiger partial charge in [0.25, 0.3) is 0 Å². The van der Waals surface area contributed by atoms with Crippen molar-refractivity contribution >= 4 is 5.91 Å². The first-order valence-electron chi connectivity index (χ1n) is 10.0. The molecule has 2 aliphatic heterocycles. The molecule has 1 atom stereocenters. The van der Waals surface area contributed by atoms with Crippen molar-refractivity contribution in [2.75, 3.05) is 20.2 Å². The summed E-state index contributed by atoms with van der Waals surface area (Å²) in [4.78, 5) is 27.7. The molecule has 0 spiro atoms. The Labute approximate surface area is 171 Å². The molecule has 0 N–H and O–H groups in total. The molecule has 4 rings (SSSR count). The van der Waals surface area contributed by atoms with Crippen LogP contribution in [0.3, 0.4) is 0 Å². The molecule has 10 heteroatoms. The summed E-state index contributed by atoms with van der Waals surface area (Å²) in [6.45, 7) is 1.27. The van der Waals surface area contributed by atoms with Crippen molar-refractivity contribution in [2.24, 2.45) is 0 Å². The number of likely N-dealkylation sites (tertiary alicyclic amines) is 1. The molecule has 1 fully saturated rings. The van der Waals surface area contributed by atoms with Crippen molar-refractivity contribution in [3.8, 4) is 5.75 Å². The number of aryl methyl sites for hydroxylation is 1. The summed E-state index contributed by atoms with van der Waals surface area (Å²) in [7, 11) is 1.18. The predicted molar refractivity (Wildman–Crippen MR) is 101 cm³/mol. The smallest absolute Gasteiger partial charge is 0.419 e. The van der Waals surface area contributed by atoms with Crippen molar-refractivity contribution in [3.63, 3.8) is 0 Å². The summed E-state index contributed by atoms with van der Waals surface area (Å²) in [5.41, 5.74) is -1.09. The molecule has 30 heavy (non-hydrogen) atoms. The molecule has 0 bridgehead atoms. The lowest BCUT2D eigenvalue weighted by molar-refractivity contribution is -0.139. The molecule has 0 saturated carbocycles. The summed E-state index contributed by atoms with van der Waals surface area (Å²) >= 11 is 0. The van der Waals surface area contributed by atoms with Gasteiger partial charge in [-0.2, -0.15) is 18.3 Å². The van der Waals surface area contributed by atoms with Crippen LogP contribution in [0, 0.1) is 0 Å². The Morgan fingerprint density at radius 1 is 1.23 bits per heavy atom. The van der Waals surface area contributed by atoms with Crippen LogP contribution < -0.4 is 10.4 Å². The highest BCUT2D eigenvalue weighted by molar-refractivity contribution is 5.80. The number of hydrogen-bond donors (Lipinski definition) is 0. The van der Waals surface area contributed by atoms with E-state index in [4.69, 9.17) is 4.74 Å². The van der Waals surface area contributed by atoms with Gasteiger partial charge in [0.2, 0.25) is 5.91 Å². The standard InChI is InChI=1S/C20H23F3N4O3/c1-30-16-8-7-13(11-14(16)20(21,22)23)12-26-19(29)27-15(5-4-6-17(27)24-26)18(28)25-9-2-3-10-25/h7-8,11,15H,2-6,9-10,12H2,1H3. The number of benzene rings is 1. The first-order valence-corrected chi connectivity index (χ1v) is 10.0. The highest BCUT2D eigenvalue weighted by Gasteiger charge is 2.36. The second-order valence-corrected chi connectivity index (χ2v) is 7.70. The molecule has 1 amide bonds. The molecule has 7 nitrogen and oxygen atoms in total. The van der Waals surface area contributed by atoms with Crippen LogP contribution in [0.2, 0.25) is 0 Å². The van der Waals surface area contributed by atoms with Gasteiger partial charge in [0.05, 0.1) is 19.2 Å². The fourth-order valence-corrected chi connectivity index (χ4v) is 4.26. The van der Waals surface area contributed by atoms with E-state index in [1.165, 1.54) is 23.8 Å². The topological polar surface area (TPSA) is 69.4 Å². The maximum Gasteiger partial charge on any atom is 0.419 e. The van der Waals surface area contributed by atoms with E-state index in [-0.39, 0.29) is 23.8 Å². The van der Waals surface area contributed by atoms with Gasteiger partial charge in [0.1, 0.15) is 17.6 Å². The second-order valence-electron chi connectivity index (χ2n) is 7.70. The largest absolute Gasteiger partial charge is 0.496 e. The van der Waals surface area contributed by atoms with Crippen LogP contribution in [0.1, 0.15) is 48.7 Å². The van der Waals surface area contributed by atoms with Gasteiger partial charge in [0, 0.05) is 19.5 Å². The summed E-state index contributed by atoms with van der Waals surface area (Å²) < 4.78 is 47.3. The van der Waals surface area contributed by atoms with Crippen LogP contribution in [-0.4, -0.2) is 45.4 Å². The third kappa shape index (κ3) is 3.70. The molecule has 1 aromatic carbocycles. The molecular weight excluding hydrogens is 401 g/mol. The van der Waals surface area contributed by atoms with Gasteiger partial charge in [-0.3, -0.25) is 9.36 Å². The van der Waals surface area contributed by atoms with Crippen LogP contribution in [0.5, 0.6) is 5.75 Å². The van der Waals surface area contributed by atoms with E-state index < -0.39 is 23.5 Å². The third-order valence-electron chi connectivity index (χ3n) is 5.74. The van der Waals surface area contributed by atoms with Gasteiger partial charge in [-0.1, -0.05) is 6.07 Å². The fourth-order valence-electron chi connectivity index (χ4n) is 4.26. The van der Waals surface area contributed by atoms with Crippen molar-refractivity contribution in [2.45, 2.75) is 50.9 Å². The van der Waals surface area contributed by atoms with Gasteiger partial charge in [-0.05, 0) is 43.4 Å². The summed E-state index contributed by atoms with van der Waals surface area (Å²) in [6.07, 6.45) is -0.803. The van der Waals surface area contributed by atoms with E-state index in [9.17, 15) is 22.8 Å². The Kier molecular flexibility index (Phi) is 5.33. The third-order valence-corrected chi connectivity index (χ3v) is 5.74. The van der Waals surface area contributed by atoms with E-state index in [0.29, 0.717) is 31.8 Å². The lowest BCUT2D eigenvalue weighted by Crippen LogP contribution is -2.41. The SMILES string of the molecule is COc1ccc(Cn2nc3n(c2=O)C(C(=O)N2CCCC2)CCC3)cc1C(F)(F)F. The fraction of sp³-hybridized carbons (Fsp3) is 0.550. The Balaban J connectivity index is 1.65. The Morgan fingerprint density at radius 2 is 1.97 bits per heavy atom. The molecule has 1 saturated heterocycles. The van der Waals surface area contributed by atoms with Gasteiger partial charge in [-0.15, -0.1) is 0 Å². The number of methoxy groups -OCH3 is 1. The lowest BCUT2D eigenvalue weighted by atomic mass is 10.0. The van der Waals surface area contributed by atoms with E-state index in [1.807, 2.05) is 0 Å². The minimum absolute atomic E-state index is 0.0705. The monoisotopic (exact) mass is 424 g/mol. The maximum absolute atomic E-state index is 13.3. The molecule has 0 aliphatic carbocycles. The average molecular weight is 424 g/mol. The first-order chi connectivity index (χ1) is 14.3. The van der Waals surface area contributed by atoms with Gasteiger partial charge < -0.3 is 9.64 Å².